The highest BCUT2D eigenvalue weighted by atomic mass is 35.5. The van der Waals surface area contributed by atoms with Crippen molar-refractivity contribution in [2.24, 2.45) is 5.92 Å². The second-order valence-electron chi connectivity index (χ2n) is 6.65. The lowest BCUT2D eigenvalue weighted by atomic mass is 9.84. The van der Waals surface area contributed by atoms with Crippen LogP contribution in [0.4, 0.5) is 4.39 Å². The van der Waals surface area contributed by atoms with Gasteiger partial charge in [-0.3, -0.25) is 4.79 Å². The van der Waals surface area contributed by atoms with Crippen LogP contribution in [0.1, 0.15) is 38.7 Å². The number of carbonyl (C=O) groups is 1. The molecule has 0 saturated carbocycles. The molecule has 0 aromatic heterocycles. The highest BCUT2D eigenvalue weighted by Gasteiger charge is 2.27. The summed E-state index contributed by atoms with van der Waals surface area (Å²) in [5, 5.41) is 6.61. The Morgan fingerprint density at radius 2 is 2.22 bits per heavy atom. The van der Waals surface area contributed by atoms with Crippen molar-refractivity contribution in [2.75, 3.05) is 19.6 Å². The number of hydrogen-bond acceptors (Lipinski definition) is 2. The lowest BCUT2D eigenvalue weighted by molar-refractivity contribution is -0.121. The summed E-state index contributed by atoms with van der Waals surface area (Å²) >= 11 is 6.12. The maximum Gasteiger partial charge on any atom is 0.220 e. The second kappa shape index (κ2) is 8.86. The summed E-state index contributed by atoms with van der Waals surface area (Å²) < 4.78 is 14.0. The van der Waals surface area contributed by atoms with Crippen molar-refractivity contribution >= 4 is 29.9 Å². The van der Waals surface area contributed by atoms with Crippen LogP contribution in [0.25, 0.3) is 0 Å². The van der Waals surface area contributed by atoms with Crippen LogP contribution in [0.2, 0.25) is 5.02 Å². The van der Waals surface area contributed by atoms with E-state index in [0.717, 1.165) is 25.9 Å². The summed E-state index contributed by atoms with van der Waals surface area (Å²) in [4.78, 5) is 12.0. The zero-order valence-electron chi connectivity index (χ0n) is 13.6. The van der Waals surface area contributed by atoms with Gasteiger partial charge in [0.1, 0.15) is 5.82 Å². The van der Waals surface area contributed by atoms with Crippen molar-refractivity contribution in [1.82, 2.24) is 10.6 Å². The van der Waals surface area contributed by atoms with Crippen molar-refractivity contribution in [2.45, 2.75) is 38.5 Å². The molecule has 1 aliphatic heterocycles. The maximum atomic E-state index is 14.0. The van der Waals surface area contributed by atoms with Crippen molar-refractivity contribution < 1.29 is 9.18 Å². The minimum Gasteiger partial charge on any atom is -0.355 e. The van der Waals surface area contributed by atoms with Gasteiger partial charge in [0.25, 0.3) is 0 Å². The van der Waals surface area contributed by atoms with Crippen LogP contribution in [0.5, 0.6) is 0 Å². The second-order valence-corrected chi connectivity index (χ2v) is 7.06. The molecule has 6 heteroatoms. The molecule has 1 heterocycles. The van der Waals surface area contributed by atoms with Gasteiger partial charge in [-0.15, -0.1) is 12.4 Å². The van der Waals surface area contributed by atoms with Gasteiger partial charge >= 0.3 is 0 Å². The standard InChI is InChI=1S/C17H24ClFN2O.ClH/c1-17(2,16-13(18)4-3-5-14(16)19)11-21-15(22)7-6-12-8-9-20-10-12;/h3-5,12,20H,6-11H2,1-2H3,(H,21,22);1H. The molecule has 2 N–H and O–H groups in total. The van der Waals surface area contributed by atoms with Crippen LogP contribution in [-0.2, 0) is 10.2 Å². The van der Waals surface area contributed by atoms with Crippen LogP contribution in [0.15, 0.2) is 18.2 Å². The van der Waals surface area contributed by atoms with Crippen LogP contribution >= 0.6 is 24.0 Å². The summed E-state index contributed by atoms with van der Waals surface area (Å²) in [6, 6.07) is 4.67. The van der Waals surface area contributed by atoms with E-state index in [-0.39, 0.29) is 24.1 Å². The van der Waals surface area contributed by atoms with Gasteiger partial charge in [0, 0.05) is 29.0 Å². The van der Waals surface area contributed by atoms with Crippen molar-refractivity contribution in [3.8, 4) is 0 Å². The molecular formula is C17H25Cl2FN2O. The van der Waals surface area contributed by atoms with E-state index in [1.54, 1.807) is 12.1 Å². The third-order valence-corrected chi connectivity index (χ3v) is 4.62. The van der Waals surface area contributed by atoms with Gasteiger partial charge in [0.15, 0.2) is 0 Å². The van der Waals surface area contributed by atoms with Gasteiger partial charge < -0.3 is 10.6 Å². The summed E-state index contributed by atoms with van der Waals surface area (Å²) in [5.41, 5.74) is -0.0931. The molecule has 0 spiro atoms. The van der Waals surface area contributed by atoms with E-state index >= 15 is 0 Å². The third kappa shape index (κ3) is 5.63. The summed E-state index contributed by atoms with van der Waals surface area (Å²) in [7, 11) is 0. The molecule has 1 amide bonds. The van der Waals surface area contributed by atoms with Crippen molar-refractivity contribution in [1.29, 1.82) is 0 Å². The van der Waals surface area contributed by atoms with E-state index in [1.165, 1.54) is 6.07 Å². The fourth-order valence-electron chi connectivity index (χ4n) is 2.94. The summed E-state index contributed by atoms with van der Waals surface area (Å²) in [6.07, 6.45) is 2.57. The van der Waals surface area contributed by atoms with E-state index in [2.05, 4.69) is 10.6 Å². The largest absolute Gasteiger partial charge is 0.355 e. The Morgan fingerprint density at radius 1 is 1.48 bits per heavy atom. The summed E-state index contributed by atoms with van der Waals surface area (Å²) in [5.74, 6) is 0.288. The van der Waals surface area contributed by atoms with E-state index in [1.807, 2.05) is 13.8 Å². The molecule has 1 unspecified atom stereocenters. The first kappa shape index (κ1) is 20.2. The molecule has 1 saturated heterocycles. The average Bonchev–Trinajstić information content (AvgIpc) is 2.96. The number of benzene rings is 1. The van der Waals surface area contributed by atoms with Gasteiger partial charge in [-0.05, 0) is 44.0 Å². The van der Waals surface area contributed by atoms with Gasteiger partial charge in [-0.1, -0.05) is 31.5 Å². The van der Waals surface area contributed by atoms with Crippen LogP contribution in [0.3, 0.4) is 0 Å². The minimum atomic E-state index is -0.549. The topological polar surface area (TPSA) is 41.1 Å². The Hall–Kier alpha value is -0.840. The summed E-state index contributed by atoms with van der Waals surface area (Å²) in [6.45, 7) is 6.20. The van der Waals surface area contributed by atoms with E-state index < -0.39 is 5.41 Å². The highest BCUT2D eigenvalue weighted by molar-refractivity contribution is 6.31. The molecule has 23 heavy (non-hydrogen) atoms. The SMILES string of the molecule is CC(C)(CNC(=O)CCC1CCNC1)c1c(F)cccc1Cl.Cl. The average molecular weight is 363 g/mol. The number of hydrogen-bond donors (Lipinski definition) is 2. The lowest BCUT2D eigenvalue weighted by Crippen LogP contribution is -2.37. The molecule has 2 rings (SSSR count). The molecule has 130 valence electrons. The first-order chi connectivity index (χ1) is 10.4. The fraction of sp³-hybridized carbons (Fsp3) is 0.588. The highest BCUT2D eigenvalue weighted by Crippen LogP contribution is 2.31. The zero-order chi connectivity index (χ0) is 16.2. The first-order valence-electron chi connectivity index (χ1n) is 7.82. The van der Waals surface area contributed by atoms with Gasteiger partial charge in [-0.25, -0.2) is 4.39 Å². The number of nitrogens with one attached hydrogen (secondary N) is 2. The minimum absolute atomic E-state index is 0. The van der Waals surface area contributed by atoms with E-state index in [4.69, 9.17) is 11.6 Å². The third-order valence-electron chi connectivity index (χ3n) is 4.31. The Morgan fingerprint density at radius 3 is 2.83 bits per heavy atom. The van der Waals surface area contributed by atoms with Gasteiger partial charge in [0.2, 0.25) is 5.91 Å². The predicted octanol–water partition coefficient (Wildman–Crippen LogP) is 3.68. The molecule has 0 radical (unpaired) electrons. The normalized spacial score (nSPS) is 17.7. The van der Waals surface area contributed by atoms with Crippen LogP contribution in [0, 0.1) is 11.7 Å². The molecular weight excluding hydrogens is 338 g/mol. The Bertz CT molecular complexity index is 511. The quantitative estimate of drug-likeness (QED) is 0.810. The number of halogens is 3. The zero-order valence-corrected chi connectivity index (χ0v) is 15.2. The smallest absolute Gasteiger partial charge is 0.220 e. The molecule has 1 fully saturated rings. The Kier molecular flexibility index (Phi) is 7.78. The Labute approximate surface area is 148 Å². The van der Waals surface area contributed by atoms with Crippen molar-refractivity contribution in [3.63, 3.8) is 0 Å². The lowest BCUT2D eigenvalue weighted by Gasteiger charge is -2.27. The molecule has 0 bridgehead atoms. The molecule has 1 aromatic carbocycles. The van der Waals surface area contributed by atoms with E-state index in [0.29, 0.717) is 29.5 Å². The fourth-order valence-corrected chi connectivity index (χ4v) is 3.36. The predicted molar refractivity (Wildman–Crippen MR) is 94.9 cm³/mol. The number of carbonyl (C=O) groups excluding carboxylic acids is 1. The molecule has 1 aliphatic rings. The maximum absolute atomic E-state index is 14.0. The molecule has 1 atom stereocenters. The van der Waals surface area contributed by atoms with Crippen LogP contribution < -0.4 is 10.6 Å². The van der Waals surface area contributed by atoms with Crippen molar-refractivity contribution in [3.05, 3.63) is 34.6 Å². The van der Waals surface area contributed by atoms with Gasteiger partial charge in [0.05, 0.1) is 0 Å². The Balaban J connectivity index is 0.00000264. The monoisotopic (exact) mass is 362 g/mol. The molecule has 3 nitrogen and oxygen atoms in total. The first-order valence-corrected chi connectivity index (χ1v) is 8.20. The van der Waals surface area contributed by atoms with E-state index in [9.17, 15) is 9.18 Å². The number of rotatable bonds is 6. The molecule has 1 aromatic rings. The van der Waals surface area contributed by atoms with Gasteiger partial charge in [-0.2, -0.15) is 0 Å². The molecule has 0 aliphatic carbocycles. The van der Waals surface area contributed by atoms with Crippen LogP contribution in [-0.4, -0.2) is 25.5 Å². The number of amides is 1.